The van der Waals surface area contributed by atoms with E-state index in [-0.39, 0.29) is 5.91 Å². The first-order chi connectivity index (χ1) is 9.61. The van der Waals surface area contributed by atoms with Gasteiger partial charge in [0.2, 0.25) is 0 Å². The van der Waals surface area contributed by atoms with Crippen molar-refractivity contribution in [1.82, 2.24) is 4.90 Å². The van der Waals surface area contributed by atoms with Crippen LogP contribution in [0.2, 0.25) is 0 Å². The predicted molar refractivity (Wildman–Crippen MR) is 86.8 cm³/mol. The summed E-state index contributed by atoms with van der Waals surface area (Å²) in [6.07, 6.45) is 5.38. The average molecular weight is 348 g/mol. The number of nitrogens with zero attached hydrogens (tertiary/aromatic N) is 1. The summed E-state index contributed by atoms with van der Waals surface area (Å²) in [5.74, 6) is 2.52. The first-order valence-electron chi connectivity index (χ1n) is 6.13. The standard InChI is InChI=1S/C16H14BrNOS/c1-3-9-18(11-13-6-4-12(2)5-7-13)16(19)15-14(17)8-10-20-15/h1,4-8,10H,9,11H2,2H3. The second-order valence-corrected chi connectivity index (χ2v) is 6.22. The Bertz CT molecular complexity index is 639. The quantitative estimate of drug-likeness (QED) is 0.762. The summed E-state index contributed by atoms with van der Waals surface area (Å²) in [7, 11) is 0. The smallest absolute Gasteiger partial charge is 0.266 e. The highest BCUT2D eigenvalue weighted by Crippen LogP contribution is 2.24. The Morgan fingerprint density at radius 1 is 1.35 bits per heavy atom. The van der Waals surface area contributed by atoms with Crippen molar-refractivity contribution in [3.8, 4) is 12.3 Å². The lowest BCUT2D eigenvalue weighted by Crippen LogP contribution is -2.30. The van der Waals surface area contributed by atoms with E-state index < -0.39 is 0 Å². The summed E-state index contributed by atoms with van der Waals surface area (Å²) < 4.78 is 0.818. The molecule has 1 aromatic carbocycles. The highest BCUT2D eigenvalue weighted by molar-refractivity contribution is 9.10. The Balaban J connectivity index is 2.19. The lowest BCUT2D eigenvalue weighted by Gasteiger charge is -2.20. The molecule has 0 aliphatic rings. The number of rotatable bonds is 4. The van der Waals surface area contributed by atoms with Gasteiger partial charge < -0.3 is 4.90 Å². The number of benzene rings is 1. The van der Waals surface area contributed by atoms with Gasteiger partial charge in [-0.25, -0.2) is 0 Å². The third-order valence-corrected chi connectivity index (χ3v) is 4.70. The zero-order chi connectivity index (χ0) is 14.5. The molecule has 2 rings (SSSR count). The van der Waals surface area contributed by atoms with Gasteiger partial charge in [0.15, 0.2) is 0 Å². The van der Waals surface area contributed by atoms with E-state index in [0.717, 1.165) is 10.0 Å². The van der Waals surface area contributed by atoms with Gasteiger partial charge >= 0.3 is 0 Å². The fraction of sp³-hybridized carbons (Fsp3) is 0.188. The minimum atomic E-state index is -0.0367. The van der Waals surface area contributed by atoms with Crippen molar-refractivity contribution in [1.29, 1.82) is 0 Å². The molecule has 4 heteroatoms. The lowest BCUT2D eigenvalue weighted by molar-refractivity contribution is 0.0770. The van der Waals surface area contributed by atoms with Crippen LogP contribution in [-0.2, 0) is 6.54 Å². The van der Waals surface area contributed by atoms with Gasteiger partial charge in [-0.05, 0) is 39.9 Å². The number of hydrogen-bond acceptors (Lipinski definition) is 2. The van der Waals surface area contributed by atoms with Crippen LogP contribution in [0.3, 0.4) is 0 Å². The molecule has 0 saturated heterocycles. The maximum atomic E-state index is 12.5. The normalized spacial score (nSPS) is 10.1. The minimum Gasteiger partial charge on any atom is -0.322 e. The molecule has 0 aliphatic carbocycles. The van der Waals surface area contributed by atoms with Gasteiger partial charge in [-0.1, -0.05) is 35.7 Å². The number of thiophene rings is 1. The largest absolute Gasteiger partial charge is 0.322 e. The van der Waals surface area contributed by atoms with Gasteiger partial charge in [-0.3, -0.25) is 4.79 Å². The number of hydrogen-bond donors (Lipinski definition) is 0. The van der Waals surface area contributed by atoms with Crippen LogP contribution in [0.1, 0.15) is 20.8 Å². The van der Waals surface area contributed by atoms with E-state index in [0.29, 0.717) is 18.0 Å². The highest BCUT2D eigenvalue weighted by atomic mass is 79.9. The Hall–Kier alpha value is -1.57. The molecule has 1 aromatic heterocycles. The molecule has 2 aromatic rings. The molecular weight excluding hydrogens is 334 g/mol. The van der Waals surface area contributed by atoms with Crippen molar-refractivity contribution in [3.05, 3.63) is 56.2 Å². The summed E-state index contributed by atoms with van der Waals surface area (Å²) in [5, 5.41) is 1.89. The summed E-state index contributed by atoms with van der Waals surface area (Å²) in [6.45, 7) is 2.86. The second-order valence-electron chi connectivity index (χ2n) is 4.45. The van der Waals surface area contributed by atoms with Crippen LogP contribution in [0.5, 0.6) is 0 Å². The summed E-state index contributed by atoms with van der Waals surface area (Å²) >= 11 is 4.81. The van der Waals surface area contributed by atoms with Gasteiger partial charge in [0.25, 0.3) is 5.91 Å². The Morgan fingerprint density at radius 3 is 2.60 bits per heavy atom. The Morgan fingerprint density at radius 2 is 2.05 bits per heavy atom. The molecule has 0 unspecified atom stereocenters. The Labute approximate surface area is 131 Å². The number of terminal acetylenes is 1. The van der Waals surface area contributed by atoms with E-state index in [4.69, 9.17) is 6.42 Å². The molecule has 0 fully saturated rings. The van der Waals surface area contributed by atoms with Crippen LogP contribution in [0.4, 0.5) is 0 Å². The third kappa shape index (κ3) is 3.50. The van der Waals surface area contributed by atoms with Gasteiger partial charge in [0, 0.05) is 11.0 Å². The van der Waals surface area contributed by atoms with Crippen molar-refractivity contribution < 1.29 is 4.79 Å². The molecule has 0 radical (unpaired) electrons. The molecule has 0 atom stereocenters. The highest BCUT2D eigenvalue weighted by Gasteiger charge is 2.19. The van der Waals surface area contributed by atoms with Crippen LogP contribution in [0.15, 0.2) is 40.2 Å². The monoisotopic (exact) mass is 347 g/mol. The predicted octanol–water partition coefficient (Wildman–Crippen LogP) is 4.09. The van der Waals surface area contributed by atoms with E-state index >= 15 is 0 Å². The minimum absolute atomic E-state index is 0.0367. The van der Waals surface area contributed by atoms with Crippen LogP contribution in [-0.4, -0.2) is 17.4 Å². The summed E-state index contributed by atoms with van der Waals surface area (Å²) in [6, 6.07) is 9.99. The number of carbonyl (C=O) groups is 1. The summed E-state index contributed by atoms with van der Waals surface area (Å²) in [4.78, 5) is 14.9. The molecule has 20 heavy (non-hydrogen) atoms. The molecule has 0 N–H and O–H groups in total. The van der Waals surface area contributed by atoms with Crippen molar-refractivity contribution in [3.63, 3.8) is 0 Å². The van der Waals surface area contributed by atoms with E-state index in [1.807, 2.05) is 42.6 Å². The lowest BCUT2D eigenvalue weighted by atomic mass is 10.1. The van der Waals surface area contributed by atoms with E-state index in [1.165, 1.54) is 16.9 Å². The topological polar surface area (TPSA) is 20.3 Å². The molecule has 0 spiro atoms. The van der Waals surface area contributed by atoms with Gasteiger partial charge in [-0.15, -0.1) is 17.8 Å². The molecule has 0 bridgehead atoms. The number of carbonyl (C=O) groups excluding carboxylic acids is 1. The molecule has 0 saturated carbocycles. The number of aryl methyl sites for hydroxylation is 1. The van der Waals surface area contributed by atoms with E-state index in [2.05, 4.69) is 21.9 Å². The van der Waals surface area contributed by atoms with Gasteiger partial charge in [0.1, 0.15) is 4.88 Å². The first kappa shape index (κ1) is 14.8. The maximum Gasteiger partial charge on any atom is 0.266 e. The van der Waals surface area contributed by atoms with E-state index in [1.54, 1.807) is 4.90 Å². The van der Waals surface area contributed by atoms with Crippen LogP contribution in [0.25, 0.3) is 0 Å². The van der Waals surface area contributed by atoms with Crippen molar-refractivity contribution in [2.24, 2.45) is 0 Å². The van der Waals surface area contributed by atoms with Crippen LogP contribution >= 0.6 is 27.3 Å². The molecule has 2 nitrogen and oxygen atoms in total. The average Bonchev–Trinajstić information content (AvgIpc) is 2.86. The summed E-state index contributed by atoms with van der Waals surface area (Å²) in [5.41, 5.74) is 2.27. The molecule has 1 amide bonds. The Kier molecular flexibility index (Phi) is 4.99. The fourth-order valence-electron chi connectivity index (χ4n) is 1.81. The van der Waals surface area contributed by atoms with Crippen molar-refractivity contribution in [2.45, 2.75) is 13.5 Å². The second kappa shape index (κ2) is 6.74. The third-order valence-electron chi connectivity index (χ3n) is 2.87. The van der Waals surface area contributed by atoms with Gasteiger partial charge in [-0.2, -0.15) is 0 Å². The number of amides is 1. The molecule has 102 valence electrons. The molecule has 0 aliphatic heterocycles. The fourth-order valence-corrected chi connectivity index (χ4v) is 3.32. The van der Waals surface area contributed by atoms with E-state index in [9.17, 15) is 4.79 Å². The molecular formula is C16H14BrNOS. The SMILES string of the molecule is C#CCN(Cc1ccc(C)cc1)C(=O)c1sccc1Br. The zero-order valence-electron chi connectivity index (χ0n) is 11.1. The van der Waals surface area contributed by atoms with Gasteiger partial charge in [0.05, 0.1) is 6.54 Å². The first-order valence-corrected chi connectivity index (χ1v) is 7.80. The van der Waals surface area contributed by atoms with Crippen molar-refractivity contribution >= 4 is 33.2 Å². The number of halogens is 1. The maximum absolute atomic E-state index is 12.5. The van der Waals surface area contributed by atoms with Crippen molar-refractivity contribution in [2.75, 3.05) is 6.54 Å². The van der Waals surface area contributed by atoms with Crippen LogP contribution in [0, 0.1) is 19.3 Å². The molecule has 1 heterocycles. The zero-order valence-corrected chi connectivity index (χ0v) is 13.5. The van der Waals surface area contributed by atoms with Crippen LogP contribution < -0.4 is 0 Å².